The van der Waals surface area contributed by atoms with Crippen molar-refractivity contribution in [3.63, 3.8) is 0 Å². The lowest BCUT2D eigenvalue weighted by atomic mass is 10.2. The molecule has 0 saturated heterocycles. The van der Waals surface area contributed by atoms with Crippen LogP contribution in [0.1, 0.15) is 17.3 Å². The van der Waals surface area contributed by atoms with Gasteiger partial charge in [-0.25, -0.2) is 0 Å². The highest BCUT2D eigenvalue weighted by molar-refractivity contribution is 9.10. The molecule has 0 saturated carbocycles. The quantitative estimate of drug-likeness (QED) is 0.899. The van der Waals surface area contributed by atoms with Crippen LogP contribution in [0.4, 0.5) is 0 Å². The molecule has 0 bridgehead atoms. The summed E-state index contributed by atoms with van der Waals surface area (Å²) in [4.78, 5) is 11.7. The van der Waals surface area contributed by atoms with E-state index in [-0.39, 0.29) is 11.7 Å². The zero-order chi connectivity index (χ0) is 12.1. The second kappa shape index (κ2) is 6.15. The molecule has 2 N–H and O–H groups in total. The minimum atomic E-state index is -0.245. The molecule has 0 aliphatic carbocycles. The molecule has 3 nitrogen and oxygen atoms in total. The first-order valence-corrected chi connectivity index (χ1v) is 6.92. The fourth-order valence-corrected chi connectivity index (χ4v) is 1.71. The number of amides is 1. The molecule has 0 aliphatic heterocycles. The Morgan fingerprint density at radius 3 is 2.88 bits per heavy atom. The lowest BCUT2D eigenvalue weighted by Crippen LogP contribution is -2.29. The van der Waals surface area contributed by atoms with Gasteiger partial charge in [0.15, 0.2) is 0 Å². The number of phenols is 1. The molecule has 1 aromatic carbocycles. The van der Waals surface area contributed by atoms with Crippen molar-refractivity contribution in [2.45, 2.75) is 12.2 Å². The molecule has 1 rings (SSSR count). The van der Waals surface area contributed by atoms with Crippen molar-refractivity contribution in [1.29, 1.82) is 0 Å². The van der Waals surface area contributed by atoms with Gasteiger partial charge in [-0.3, -0.25) is 4.79 Å². The highest BCUT2D eigenvalue weighted by atomic mass is 79.9. The number of carbonyl (C=O) groups is 1. The molecule has 0 spiro atoms. The fourth-order valence-electron chi connectivity index (χ4n) is 1.11. The molecular formula is C11H14BrNO2S. The molecule has 0 heterocycles. The van der Waals surface area contributed by atoms with Crippen molar-refractivity contribution < 1.29 is 9.90 Å². The van der Waals surface area contributed by atoms with Crippen LogP contribution in [-0.2, 0) is 0 Å². The Balaban J connectivity index is 2.66. The predicted octanol–water partition coefficient (Wildman–Crippen LogP) is 2.64. The van der Waals surface area contributed by atoms with Gasteiger partial charge in [0.25, 0.3) is 5.91 Å². The minimum Gasteiger partial charge on any atom is -0.507 e. The van der Waals surface area contributed by atoms with Gasteiger partial charge in [0.1, 0.15) is 5.75 Å². The molecule has 1 aromatic rings. The zero-order valence-corrected chi connectivity index (χ0v) is 11.6. The molecule has 16 heavy (non-hydrogen) atoms. The number of aromatic hydroxyl groups is 1. The number of halogens is 1. The van der Waals surface area contributed by atoms with Gasteiger partial charge >= 0.3 is 0 Å². The van der Waals surface area contributed by atoms with Crippen molar-refractivity contribution in [2.24, 2.45) is 0 Å². The maximum absolute atomic E-state index is 11.7. The second-order valence-electron chi connectivity index (χ2n) is 3.42. The summed E-state index contributed by atoms with van der Waals surface area (Å²) in [5, 5.41) is 12.7. The fraction of sp³-hybridized carbons (Fsp3) is 0.364. The third kappa shape index (κ3) is 3.72. The summed E-state index contributed by atoms with van der Waals surface area (Å²) in [6, 6.07) is 4.83. The van der Waals surface area contributed by atoms with Crippen LogP contribution in [-0.4, -0.2) is 29.1 Å². The van der Waals surface area contributed by atoms with Crippen LogP contribution in [0.25, 0.3) is 0 Å². The van der Waals surface area contributed by atoms with Gasteiger partial charge < -0.3 is 10.4 Å². The number of thioether (sulfide) groups is 1. The molecule has 0 aliphatic rings. The zero-order valence-electron chi connectivity index (χ0n) is 9.16. The molecule has 1 unspecified atom stereocenters. The van der Waals surface area contributed by atoms with Crippen LogP contribution >= 0.6 is 27.7 Å². The molecular weight excluding hydrogens is 290 g/mol. The van der Waals surface area contributed by atoms with E-state index in [2.05, 4.69) is 21.2 Å². The standard InChI is InChI=1S/C11H14BrNO2S/c1-7(16-2)6-13-11(15)9-4-3-8(12)5-10(9)14/h3-5,7,14H,6H2,1-2H3,(H,13,15). The van der Waals surface area contributed by atoms with E-state index in [4.69, 9.17) is 0 Å². The van der Waals surface area contributed by atoms with E-state index in [0.29, 0.717) is 17.4 Å². The van der Waals surface area contributed by atoms with Crippen LogP contribution in [0.2, 0.25) is 0 Å². The normalized spacial score (nSPS) is 12.2. The summed E-state index contributed by atoms with van der Waals surface area (Å²) < 4.78 is 0.749. The number of nitrogens with one attached hydrogen (secondary N) is 1. The minimum absolute atomic E-state index is 0.0105. The van der Waals surface area contributed by atoms with Gasteiger partial charge in [-0.05, 0) is 24.5 Å². The average Bonchev–Trinajstić information content (AvgIpc) is 2.25. The van der Waals surface area contributed by atoms with Crippen molar-refractivity contribution >= 4 is 33.6 Å². The number of phenolic OH excluding ortho intramolecular Hbond substituents is 1. The summed E-state index contributed by atoms with van der Waals surface area (Å²) in [6.07, 6.45) is 1.99. The van der Waals surface area contributed by atoms with Crippen LogP contribution < -0.4 is 5.32 Å². The van der Waals surface area contributed by atoms with Crippen molar-refractivity contribution in [1.82, 2.24) is 5.32 Å². The number of rotatable bonds is 4. The summed E-state index contributed by atoms with van der Waals surface area (Å²) >= 11 is 4.91. The van der Waals surface area contributed by atoms with E-state index in [1.54, 1.807) is 23.9 Å². The topological polar surface area (TPSA) is 49.3 Å². The Kier molecular flexibility index (Phi) is 5.15. The SMILES string of the molecule is CSC(C)CNC(=O)c1ccc(Br)cc1O. The third-order valence-corrected chi connectivity index (χ3v) is 3.62. The van der Waals surface area contributed by atoms with Gasteiger partial charge in [0, 0.05) is 16.3 Å². The van der Waals surface area contributed by atoms with Gasteiger partial charge in [0.2, 0.25) is 0 Å². The van der Waals surface area contributed by atoms with E-state index in [1.165, 1.54) is 6.07 Å². The van der Waals surface area contributed by atoms with Crippen LogP contribution in [0, 0.1) is 0 Å². The van der Waals surface area contributed by atoms with Crippen LogP contribution in [0.15, 0.2) is 22.7 Å². The first-order chi connectivity index (χ1) is 7.54. The number of hydrogen-bond acceptors (Lipinski definition) is 3. The molecule has 1 atom stereocenters. The van der Waals surface area contributed by atoms with Gasteiger partial charge in [-0.1, -0.05) is 22.9 Å². The van der Waals surface area contributed by atoms with E-state index in [1.807, 2.05) is 13.2 Å². The Morgan fingerprint density at radius 2 is 2.31 bits per heavy atom. The highest BCUT2D eigenvalue weighted by Crippen LogP contribution is 2.22. The maximum atomic E-state index is 11.7. The van der Waals surface area contributed by atoms with E-state index in [0.717, 1.165) is 4.47 Å². The average molecular weight is 304 g/mol. The van der Waals surface area contributed by atoms with E-state index < -0.39 is 0 Å². The van der Waals surface area contributed by atoms with Gasteiger partial charge in [-0.2, -0.15) is 11.8 Å². The first-order valence-electron chi connectivity index (χ1n) is 4.84. The molecule has 1 amide bonds. The molecule has 0 aromatic heterocycles. The number of hydrogen-bond donors (Lipinski definition) is 2. The summed E-state index contributed by atoms with van der Waals surface area (Å²) in [5.41, 5.74) is 0.302. The summed E-state index contributed by atoms with van der Waals surface area (Å²) in [7, 11) is 0. The Morgan fingerprint density at radius 1 is 1.62 bits per heavy atom. The maximum Gasteiger partial charge on any atom is 0.255 e. The monoisotopic (exact) mass is 303 g/mol. The largest absolute Gasteiger partial charge is 0.507 e. The predicted molar refractivity (Wildman–Crippen MR) is 71.1 cm³/mol. The smallest absolute Gasteiger partial charge is 0.255 e. The van der Waals surface area contributed by atoms with E-state index >= 15 is 0 Å². The Hall–Kier alpha value is -0.680. The van der Waals surface area contributed by atoms with Gasteiger partial charge in [-0.15, -0.1) is 0 Å². The summed E-state index contributed by atoms with van der Waals surface area (Å²) in [6.45, 7) is 2.63. The molecule has 0 fully saturated rings. The number of carbonyl (C=O) groups excluding carboxylic acids is 1. The second-order valence-corrected chi connectivity index (χ2v) is 5.61. The highest BCUT2D eigenvalue weighted by Gasteiger charge is 2.11. The number of benzene rings is 1. The Bertz CT molecular complexity index is 384. The molecule has 88 valence electrons. The Labute approximate surface area is 108 Å². The molecule has 0 radical (unpaired) electrons. The first kappa shape index (κ1) is 13.4. The lowest BCUT2D eigenvalue weighted by Gasteiger charge is -2.10. The van der Waals surface area contributed by atoms with Crippen molar-refractivity contribution in [2.75, 3.05) is 12.8 Å². The van der Waals surface area contributed by atoms with Crippen molar-refractivity contribution in [3.8, 4) is 5.75 Å². The third-order valence-electron chi connectivity index (χ3n) is 2.16. The lowest BCUT2D eigenvalue weighted by molar-refractivity contribution is 0.0951. The summed E-state index contributed by atoms with van der Waals surface area (Å²) in [5.74, 6) is -0.255. The van der Waals surface area contributed by atoms with Crippen LogP contribution in [0.5, 0.6) is 5.75 Å². The molecule has 5 heteroatoms. The van der Waals surface area contributed by atoms with E-state index in [9.17, 15) is 9.90 Å². The van der Waals surface area contributed by atoms with Crippen molar-refractivity contribution in [3.05, 3.63) is 28.2 Å². The van der Waals surface area contributed by atoms with Crippen LogP contribution in [0.3, 0.4) is 0 Å². The van der Waals surface area contributed by atoms with Gasteiger partial charge in [0.05, 0.1) is 5.56 Å².